The molecule has 0 spiro atoms. The third kappa shape index (κ3) is 3.75. The number of halogens is 2. The minimum atomic E-state index is -0.849. The van der Waals surface area contributed by atoms with Crippen molar-refractivity contribution in [3.8, 4) is 0 Å². The Morgan fingerprint density at radius 3 is 2.73 bits per heavy atom. The van der Waals surface area contributed by atoms with E-state index in [1.54, 1.807) is 24.3 Å². The van der Waals surface area contributed by atoms with Crippen molar-refractivity contribution in [3.63, 3.8) is 0 Å². The molecule has 1 aromatic heterocycles. The molecular formula is C18H15F2N3O2S. The Labute approximate surface area is 152 Å². The zero-order valence-corrected chi connectivity index (χ0v) is 14.6. The number of thioether (sulfide) groups is 1. The maximum atomic E-state index is 13.6. The molecule has 0 aliphatic heterocycles. The summed E-state index contributed by atoms with van der Waals surface area (Å²) in [4.78, 5) is 29.0. The molecule has 26 heavy (non-hydrogen) atoms. The van der Waals surface area contributed by atoms with E-state index in [9.17, 15) is 18.4 Å². The Hall–Kier alpha value is -2.74. The molecule has 0 atom stereocenters. The van der Waals surface area contributed by atoms with Gasteiger partial charge in [0.25, 0.3) is 5.56 Å². The first-order valence-corrected chi connectivity index (χ1v) is 8.85. The second-order valence-electron chi connectivity index (χ2n) is 5.42. The number of nitrogens with one attached hydrogen (secondary N) is 1. The van der Waals surface area contributed by atoms with Crippen molar-refractivity contribution in [2.75, 3.05) is 11.1 Å². The Morgan fingerprint density at radius 2 is 2.00 bits per heavy atom. The summed E-state index contributed by atoms with van der Waals surface area (Å²) in [7, 11) is 0. The van der Waals surface area contributed by atoms with Gasteiger partial charge in [-0.05, 0) is 31.2 Å². The quantitative estimate of drug-likeness (QED) is 0.548. The Balaban J connectivity index is 1.78. The maximum absolute atomic E-state index is 13.6. The lowest BCUT2D eigenvalue weighted by Gasteiger charge is -2.11. The third-order valence-corrected chi connectivity index (χ3v) is 4.66. The molecule has 0 saturated heterocycles. The fourth-order valence-electron chi connectivity index (χ4n) is 2.44. The van der Waals surface area contributed by atoms with E-state index in [-0.39, 0.29) is 17.0 Å². The van der Waals surface area contributed by atoms with Crippen LogP contribution < -0.4 is 10.9 Å². The highest BCUT2D eigenvalue weighted by Crippen LogP contribution is 2.19. The van der Waals surface area contributed by atoms with Crippen LogP contribution in [0.2, 0.25) is 0 Å². The van der Waals surface area contributed by atoms with Gasteiger partial charge in [0.05, 0.1) is 22.3 Å². The number of nitrogens with zero attached hydrogens (tertiary/aromatic N) is 2. The van der Waals surface area contributed by atoms with E-state index in [1.807, 2.05) is 6.92 Å². The second-order valence-corrected chi connectivity index (χ2v) is 6.36. The van der Waals surface area contributed by atoms with Gasteiger partial charge in [0, 0.05) is 12.6 Å². The third-order valence-electron chi connectivity index (χ3n) is 3.68. The van der Waals surface area contributed by atoms with Crippen molar-refractivity contribution < 1.29 is 13.6 Å². The summed E-state index contributed by atoms with van der Waals surface area (Å²) in [6.07, 6.45) is 0. The van der Waals surface area contributed by atoms with Crippen LogP contribution in [0.1, 0.15) is 6.92 Å². The predicted molar refractivity (Wildman–Crippen MR) is 97.4 cm³/mol. The summed E-state index contributed by atoms with van der Waals surface area (Å²) in [6.45, 7) is 2.23. The second kappa shape index (κ2) is 7.65. The topological polar surface area (TPSA) is 64.0 Å². The van der Waals surface area contributed by atoms with E-state index in [0.717, 1.165) is 23.9 Å². The van der Waals surface area contributed by atoms with Crippen molar-refractivity contribution >= 4 is 34.3 Å². The van der Waals surface area contributed by atoms with Gasteiger partial charge in [-0.2, -0.15) is 0 Å². The number of aromatic nitrogens is 2. The molecule has 3 aromatic rings. The van der Waals surface area contributed by atoms with Crippen LogP contribution >= 0.6 is 11.8 Å². The maximum Gasteiger partial charge on any atom is 0.262 e. The van der Waals surface area contributed by atoms with Gasteiger partial charge >= 0.3 is 0 Å². The number of amides is 1. The molecule has 0 radical (unpaired) electrons. The first-order chi connectivity index (χ1) is 12.5. The van der Waals surface area contributed by atoms with E-state index in [4.69, 9.17) is 0 Å². The molecule has 1 heterocycles. The molecule has 8 heteroatoms. The van der Waals surface area contributed by atoms with Crippen LogP contribution in [0.25, 0.3) is 10.9 Å². The van der Waals surface area contributed by atoms with Gasteiger partial charge in [-0.15, -0.1) is 0 Å². The van der Waals surface area contributed by atoms with Crippen LogP contribution in [0.4, 0.5) is 14.5 Å². The summed E-state index contributed by atoms with van der Waals surface area (Å²) in [5, 5.41) is 3.30. The number of benzene rings is 2. The lowest BCUT2D eigenvalue weighted by Crippen LogP contribution is -2.23. The summed E-state index contributed by atoms with van der Waals surface area (Å²) < 4.78 is 28.0. The SMILES string of the molecule is CCn1c(SCC(=O)Nc2ccc(F)cc2F)nc2ccccc2c1=O. The standard InChI is InChI=1S/C18H15F2N3O2S/c1-2-23-17(25)12-5-3-4-6-14(12)22-18(23)26-10-16(24)21-15-8-7-11(19)9-13(15)20/h3-9H,2,10H2,1H3,(H,21,24). The Bertz CT molecular complexity index is 1040. The number of carbonyl (C=O) groups excluding carboxylic acids is 1. The van der Waals surface area contributed by atoms with Crippen LogP contribution in [0.15, 0.2) is 52.4 Å². The van der Waals surface area contributed by atoms with E-state index in [0.29, 0.717) is 28.7 Å². The number of hydrogen-bond donors (Lipinski definition) is 1. The lowest BCUT2D eigenvalue weighted by atomic mass is 10.2. The number of carbonyl (C=O) groups is 1. The van der Waals surface area contributed by atoms with E-state index in [2.05, 4.69) is 10.3 Å². The summed E-state index contributed by atoms with van der Waals surface area (Å²) in [5.74, 6) is -2.12. The molecular weight excluding hydrogens is 360 g/mol. The lowest BCUT2D eigenvalue weighted by molar-refractivity contribution is -0.113. The molecule has 134 valence electrons. The largest absolute Gasteiger partial charge is 0.323 e. The number of rotatable bonds is 5. The van der Waals surface area contributed by atoms with Crippen molar-refractivity contribution in [1.29, 1.82) is 0 Å². The molecule has 0 aliphatic carbocycles. The zero-order valence-electron chi connectivity index (χ0n) is 13.8. The van der Waals surface area contributed by atoms with Crippen molar-refractivity contribution in [3.05, 3.63) is 64.5 Å². The summed E-state index contributed by atoms with van der Waals surface area (Å²) >= 11 is 1.08. The average molecular weight is 375 g/mol. The average Bonchev–Trinajstić information content (AvgIpc) is 2.62. The van der Waals surface area contributed by atoms with E-state index in [1.165, 1.54) is 4.57 Å². The number of fused-ring (bicyclic) bond motifs is 1. The molecule has 1 amide bonds. The molecule has 5 nitrogen and oxygen atoms in total. The van der Waals surface area contributed by atoms with Gasteiger partial charge in [0.2, 0.25) is 5.91 Å². The molecule has 2 aromatic carbocycles. The normalized spacial score (nSPS) is 10.9. The molecule has 0 aliphatic rings. The van der Waals surface area contributed by atoms with Crippen molar-refractivity contribution in [2.45, 2.75) is 18.6 Å². The first kappa shape index (κ1) is 18.1. The van der Waals surface area contributed by atoms with Gasteiger partial charge < -0.3 is 5.32 Å². The number of anilines is 1. The van der Waals surface area contributed by atoms with Crippen LogP contribution in [0.5, 0.6) is 0 Å². The molecule has 1 N–H and O–H groups in total. The van der Waals surface area contributed by atoms with E-state index < -0.39 is 17.5 Å². The predicted octanol–water partition coefficient (Wildman–Crippen LogP) is 3.43. The van der Waals surface area contributed by atoms with Crippen LogP contribution in [-0.4, -0.2) is 21.2 Å². The first-order valence-electron chi connectivity index (χ1n) is 7.87. The minimum Gasteiger partial charge on any atom is -0.323 e. The Kier molecular flexibility index (Phi) is 5.32. The number of para-hydroxylation sites is 1. The fraction of sp³-hybridized carbons (Fsp3) is 0.167. The molecule has 0 fully saturated rings. The van der Waals surface area contributed by atoms with Crippen LogP contribution in [-0.2, 0) is 11.3 Å². The van der Waals surface area contributed by atoms with Crippen molar-refractivity contribution in [1.82, 2.24) is 9.55 Å². The molecule has 0 bridgehead atoms. The molecule has 0 unspecified atom stereocenters. The van der Waals surface area contributed by atoms with Crippen molar-refractivity contribution in [2.24, 2.45) is 0 Å². The van der Waals surface area contributed by atoms with Gasteiger partial charge in [-0.1, -0.05) is 23.9 Å². The van der Waals surface area contributed by atoms with Gasteiger partial charge in [0.1, 0.15) is 11.6 Å². The molecule has 3 rings (SSSR count). The van der Waals surface area contributed by atoms with Gasteiger partial charge in [-0.25, -0.2) is 13.8 Å². The summed E-state index contributed by atoms with van der Waals surface area (Å²) in [6, 6.07) is 9.90. The minimum absolute atomic E-state index is 0.0679. The summed E-state index contributed by atoms with van der Waals surface area (Å²) in [5.41, 5.74) is 0.275. The molecule has 0 saturated carbocycles. The highest BCUT2D eigenvalue weighted by Gasteiger charge is 2.13. The van der Waals surface area contributed by atoms with Crippen LogP contribution in [0, 0.1) is 11.6 Å². The number of hydrogen-bond acceptors (Lipinski definition) is 4. The highest BCUT2D eigenvalue weighted by atomic mass is 32.2. The smallest absolute Gasteiger partial charge is 0.262 e. The zero-order chi connectivity index (χ0) is 18.7. The van der Waals surface area contributed by atoms with Gasteiger partial charge in [0.15, 0.2) is 5.16 Å². The van der Waals surface area contributed by atoms with Gasteiger partial charge in [-0.3, -0.25) is 14.2 Å². The monoisotopic (exact) mass is 375 g/mol. The fourth-order valence-corrected chi connectivity index (χ4v) is 3.31. The Morgan fingerprint density at radius 1 is 1.23 bits per heavy atom. The van der Waals surface area contributed by atoms with Crippen LogP contribution in [0.3, 0.4) is 0 Å². The highest BCUT2D eigenvalue weighted by molar-refractivity contribution is 7.99. The van der Waals surface area contributed by atoms with E-state index >= 15 is 0 Å².